The second-order valence-corrected chi connectivity index (χ2v) is 32.0. The smallest absolute Gasteiger partial charge is 0.462 e. The van der Waals surface area contributed by atoms with Gasteiger partial charge in [-0.15, -0.1) is 0 Å². The number of hydrogen-bond donors (Lipinski definition) is 3. The molecule has 6 atom stereocenters. The number of phosphoric acid groups is 2. The maximum absolute atomic E-state index is 13.1. The third kappa shape index (κ3) is 72.8. The lowest BCUT2D eigenvalue weighted by atomic mass is 9.99. The number of aliphatic hydroxyl groups excluding tert-OH is 1. The van der Waals surface area contributed by atoms with Gasteiger partial charge >= 0.3 is 39.5 Å². The molecule has 0 amide bonds. The highest BCUT2D eigenvalue weighted by Gasteiger charge is 2.30. The van der Waals surface area contributed by atoms with E-state index in [9.17, 15) is 43.2 Å². The molecule has 0 fully saturated rings. The topological polar surface area (TPSA) is 237 Å². The molecule has 0 heterocycles. The predicted octanol–water partition coefficient (Wildman–Crippen LogP) is 24.0. The van der Waals surface area contributed by atoms with Gasteiger partial charge in [-0.3, -0.25) is 37.3 Å². The summed E-state index contributed by atoms with van der Waals surface area (Å²) in [4.78, 5) is 73.0. The number of unbranched alkanes of at least 4 members (excludes halogenated alkanes) is 51. The van der Waals surface area contributed by atoms with E-state index in [0.717, 1.165) is 95.8 Å². The minimum absolute atomic E-state index is 0.108. The van der Waals surface area contributed by atoms with Crippen LogP contribution in [0.25, 0.3) is 0 Å². The van der Waals surface area contributed by atoms with E-state index in [1.807, 2.05) is 0 Å². The van der Waals surface area contributed by atoms with Crippen molar-refractivity contribution < 1.29 is 80.2 Å². The van der Waals surface area contributed by atoms with Crippen LogP contribution in [-0.4, -0.2) is 96.7 Å². The molecule has 3 unspecified atom stereocenters. The summed E-state index contributed by atoms with van der Waals surface area (Å²) < 4.78 is 68.7. The first kappa shape index (κ1) is 97.1. The van der Waals surface area contributed by atoms with Gasteiger partial charge in [-0.2, -0.15) is 0 Å². The normalized spacial score (nSPS) is 14.1. The molecule has 0 aliphatic rings. The third-order valence-corrected chi connectivity index (χ3v) is 21.0. The van der Waals surface area contributed by atoms with Crippen LogP contribution in [0.15, 0.2) is 0 Å². The fourth-order valence-corrected chi connectivity index (χ4v) is 14.0. The summed E-state index contributed by atoms with van der Waals surface area (Å²) in [6, 6.07) is 0. The average molecular weight is 1450 g/mol. The van der Waals surface area contributed by atoms with Gasteiger partial charge in [-0.1, -0.05) is 375 Å². The Kier molecular flexibility index (Phi) is 71.6. The fraction of sp³-hybridized carbons (Fsp3) is 0.950. The van der Waals surface area contributed by atoms with Crippen molar-refractivity contribution in [1.82, 2.24) is 0 Å². The molecular weight excluding hydrogens is 1290 g/mol. The van der Waals surface area contributed by atoms with Crippen LogP contribution >= 0.6 is 15.6 Å². The number of rotatable bonds is 80. The molecule has 0 spiro atoms. The highest BCUT2D eigenvalue weighted by molar-refractivity contribution is 7.47. The lowest BCUT2D eigenvalue weighted by molar-refractivity contribution is -0.161. The van der Waals surface area contributed by atoms with Crippen LogP contribution in [-0.2, 0) is 65.4 Å². The van der Waals surface area contributed by atoms with Crippen LogP contribution in [0.1, 0.15) is 426 Å². The summed E-state index contributed by atoms with van der Waals surface area (Å²) in [5, 5.41) is 10.6. The van der Waals surface area contributed by atoms with Crippen LogP contribution in [0.5, 0.6) is 0 Å². The zero-order valence-corrected chi connectivity index (χ0v) is 66.4. The van der Waals surface area contributed by atoms with Crippen molar-refractivity contribution in [3.63, 3.8) is 0 Å². The number of ether oxygens (including phenoxy) is 4. The lowest BCUT2D eigenvalue weighted by Gasteiger charge is -2.21. The van der Waals surface area contributed by atoms with Crippen molar-refractivity contribution in [1.29, 1.82) is 0 Å². The molecule has 0 aromatic rings. The number of hydrogen-bond acceptors (Lipinski definition) is 15. The van der Waals surface area contributed by atoms with E-state index in [-0.39, 0.29) is 25.7 Å². The first-order valence-electron chi connectivity index (χ1n) is 41.7. The van der Waals surface area contributed by atoms with Crippen LogP contribution in [0.4, 0.5) is 0 Å². The van der Waals surface area contributed by atoms with Crippen LogP contribution in [0, 0.1) is 5.92 Å². The highest BCUT2D eigenvalue weighted by Crippen LogP contribution is 2.45. The lowest BCUT2D eigenvalue weighted by Crippen LogP contribution is -2.30. The molecule has 19 heteroatoms. The number of carbonyl (C=O) groups is 4. The van der Waals surface area contributed by atoms with Crippen LogP contribution < -0.4 is 0 Å². The summed E-state index contributed by atoms with van der Waals surface area (Å²) in [7, 11) is -9.92. The highest BCUT2D eigenvalue weighted by atomic mass is 31.2. The second-order valence-electron chi connectivity index (χ2n) is 29.1. The number of carbonyl (C=O) groups excluding carboxylic acids is 4. The van der Waals surface area contributed by atoms with Crippen molar-refractivity contribution in [3.05, 3.63) is 0 Å². The third-order valence-electron chi connectivity index (χ3n) is 19.1. The molecule has 0 saturated heterocycles. The van der Waals surface area contributed by atoms with Gasteiger partial charge in [-0.25, -0.2) is 9.13 Å². The molecule has 0 aliphatic heterocycles. The number of aliphatic hydroxyl groups is 1. The van der Waals surface area contributed by atoms with Crippen LogP contribution in [0.2, 0.25) is 0 Å². The summed E-state index contributed by atoms with van der Waals surface area (Å²) >= 11 is 0. The largest absolute Gasteiger partial charge is 0.472 e. The molecule has 0 saturated carbocycles. The fourth-order valence-electron chi connectivity index (χ4n) is 12.4. The predicted molar refractivity (Wildman–Crippen MR) is 405 cm³/mol. The van der Waals surface area contributed by atoms with Gasteiger partial charge in [0.15, 0.2) is 12.2 Å². The SMILES string of the molecule is CCCCCCCCCCCCCCCCCCCC(=O)OC[C@H](COP(=O)(O)OC[C@@H](O)COP(=O)(O)OC[C@@H](COC(=O)CCCCCCCCCCCC)OC(=O)CCCCCCCCCCCCCCCC)OC(=O)CCCCCCCCCCCCCCCCC(C)CC. The van der Waals surface area contributed by atoms with Crippen molar-refractivity contribution >= 4 is 39.5 Å². The standard InChI is InChI=1S/C80H156O17P2/c1-6-10-13-16-19-22-25-27-29-30-31-36-39-44-49-54-59-64-78(83)91-70-76(97-80(85)66-61-56-51-46-41-37-33-32-34-38-42-47-52-57-62-73(5)9-4)72-95-99(88,89)93-68-74(81)67-92-98(86,87)94-71-75(69-90-77(82)63-58-53-48-43-24-21-18-15-12-8-3)96-79(84)65-60-55-50-45-40-35-28-26-23-20-17-14-11-7-2/h73-76,81H,6-72H2,1-5H3,(H,86,87)(H,88,89)/t73?,74-,75+,76+/m0/s1. The van der Waals surface area contributed by atoms with Gasteiger partial charge < -0.3 is 33.8 Å². The Morgan fingerprint density at radius 1 is 0.283 bits per heavy atom. The monoisotopic (exact) mass is 1450 g/mol. The number of esters is 4. The Bertz CT molecular complexity index is 1890. The molecule has 0 aromatic heterocycles. The van der Waals surface area contributed by atoms with E-state index in [1.165, 1.54) is 250 Å². The summed E-state index contributed by atoms with van der Waals surface area (Å²) in [5.41, 5.74) is 0. The van der Waals surface area contributed by atoms with E-state index in [1.54, 1.807) is 0 Å². The van der Waals surface area contributed by atoms with Crippen molar-refractivity contribution in [3.8, 4) is 0 Å². The Hall–Kier alpha value is -1.94. The molecule has 3 N–H and O–H groups in total. The molecule has 0 bridgehead atoms. The molecule has 588 valence electrons. The zero-order chi connectivity index (χ0) is 72.7. The van der Waals surface area contributed by atoms with Crippen molar-refractivity contribution in [2.45, 2.75) is 445 Å². The molecular formula is C80H156O17P2. The Labute approximate surface area is 607 Å². The quantitative estimate of drug-likeness (QED) is 0.0222. The van der Waals surface area contributed by atoms with E-state index in [4.69, 9.17) is 37.0 Å². The minimum atomic E-state index is -4.96. The maximum Gasteiger partial charge on any atom is 0.472 e. The van der Waals surface area contributed by atoms with Gasteiger partial charge in [0.1, 0.15) is 19.3 Å². The van der Waals surface area contributed by atoms with Crippen molar-refractivity contribution in [2.75, 3.05) is 39.6 Å². The maximum atomic E-state index is 13.1. The van der Waals surface area contributed by atoms with E-state index in [0.29, 0.717) is 25.7 Å². The van der Waals surface area contributed by atoms with E-state index in [2.05, 4.69) is 34.6 Å². The molecule has 17 nitrogen and oxygen atoms in total. The molecule has 0 aliphatic carbocycles. The van der Waals surface area contributed by atoms with E-state index >= 15 is 0 Å². The first-order chi connectivity index (χ1) is 48.1. The van der Waals surface area contributed by atoms with Gasteiger partial charge in [0, 0.05) is 25.7 Å². The minimum Gasteiger partial charge on any atom is -0.462 e. The van der Waals surface area contributed by atoms with Gasteiger partial charge in [0.25, 0.3) is 0 Å². The van der Waals surface area contributed by atoms with Gasteiger partial charge in [0.2, 0.25) is 0 Å². The van der Waals surface area contributed by atoms with Gasteiger partial charge in [-0.05, 0) is 31.6 Å². The molecule has 0 aromatic carbocycles. The first-order valence-corrected chi connectivity index (χ1v) is 44.7. The Morgan fingerprint density at radius 2 is 0.485 bits per heavy atom. The molecule has 99 heavy (non-hydrogen) atoms. The summed E-state index contributed by atoms with van der Waals surface area (Å²) in [6.45, 7) is 7.38. The number of phosphoric ester groups is 2. The summed E-state index contributed by atoms with van der Waals surface area (Å²) in [6.07, 6.45) is 63.6. The van der Waals surface area contributed by atoms with Crippen molar-refractivity contribution in [2.24, 2.45) is 5.92 Å². The second kappa shape index (κ2) is 73.0. The Morgan fingerprint density at radius 3 is 0.717 bits per heavy atom. The Balaban J connectivity index is 5.24. The summed E-state index contributed by atoms with van der Waals surface area (Å²) in [5.74, 6) is -1.26. The average Bonchev–Trinajstić information content (AvgIpc) is 1.04. The molecule has 0 radical (unpaired) electrons. The van der Waals surface area contributed by atoms with E-state index < -0.39 is 97.5 Å². The van der Waals surface area contributed by atoms with Crippen LogP contribution in [0.3, 0.4) is 0 Å². The van der Waals surface area contributed by atoms with Gasteiger partial charge in [0.05, 0.1) is 26.4 Å². The molecule has 0 rings (SSSR count). The zero-order valence-electron chi connectivity index (χ0n) is 64.6.